The number of rotatable bonds is 5. The molecule has 2 nitrogen and oxygen atoms in total. The Balaban J connectivity index is 1.83. The second-order valence-corrected chi connectivity index (χ2v) is 7.42. The van der Waals surface area contributed by atoms with E-state index in [2.05, 4.69) is 44.1 Å². The average Bonchev–Trinajstić information content (AvgIpc) is 2.96. The fourth-order valence-corrected chi connectivity index (χ4v) is 5.00. The Labute approximate surface area is 111 Å². The van der Waals surface area contributed by atoms with Crippen molar-refractivity contribution in [2.75, 3.05) is 20.7 Å². The van der Waals surface area contributed by atoms with Gasteiger partial charge in [-0.3, -0.25) is 0 Å². The number of nitrogens with zero attached hydrogens (tertiary/aromatic N) is 1. The first-order valence-corrected chi connectivity index (χ1v) is 8.54. The molecule has 0 amide bonds. The number of hydrogen-bond donors (Lipinski definition) is 0. The Morgan fingerprint density at radius 2 is 2.35 bits per heavy atom. The van der Waals surface area contributed by atoms with Crippen LogP contribution in [0.4, 0.5) is 0 Å². The molecular weight excluding hydrogens is 277 g/mol. The van der Waals surface area contributed by atoms with Crippen LogP contribution in [0.25, 0.3) is 0 Å². The van der Waals surface area contributed by atoms with Crippen LogP contribution in [0.5, 0.6) is 0 Å². The molecule has 0 aromatic heterocycles. The third-order valence-electron chi connectivity index (χ3n) is 3.70. The summed E-state index contributed by atoms with van der Waals surface area (Å²) in [6.07, 6.45) is 10.0. The summed E-state index contributed by atoms with van der Waals surface area (Å²) < 4.78 is 7.36. The SMILES string of the molecule is C[C@H](C1C=CC=C1[Se]C[C@H]1CCCO1)N(C)C. The van der Waals surface area contributed by atoms with Gasteiger partial charge in [0.1, 0.15) is 0 Å². The summed E-state index contributed by atoms with van der Waals surface area (Å²) in [5.41, 5.74) is 0. The zero-order chi connectivity index (χ0) is 12.3. The summed E-state index contributed by atoms with van der Waals surface area (Å²) in [6.45, 7) is 3.30. The molecule has 2 rings (SSSR count). The van der Waals surface area contributed by atoms with E-state index in [1.54, 1.807) is 4.47 Å². The van der Waals surface area contributed by atoms with Crippen molar-refractivity contribution < 1.29 is 4.74 Å². The van der Waals surface area contributed by atoms with Crippen molar-refractivity contribution >= 4 is 15.0 Å². The van der Waals surface area contributed by atoms with Crippen molar-refractivity contribution in [3.63, 3.8) is 0 Å². The Morgan fingerprint density at radius 1 is 1.53 bits per heavy atom. The number of ether oxygens (including phenoxy) is 1. The van der Waals surface area contributed by atoms with Gasteiger partial charge in [-0.05, 0) is 0 Å². The monoisotopic (exact) mass is 301 g/mol. The van der Waals surface area contributed by atoms with Crippen LogP contribution in [-0.4, -0.2) is 52.7 Å². The quantitative estimate of drug-likeness (QED) is 0.723. The van der Waals surface area contributed by atoms with E-state index >= 15 is 0 Å². The van der Waals surface area contributed by atoms with Crippen LogP contribution in [0.2, 0.25) is 5.32 Å². The van der Waals surface area contributed by atoms with Crippen LogP contribution in [0.1, 0.15) is 19.8 Å². The molecular formula is C14H23NOSe. The molecule has 0 saturated carbocycles. The Kier molecular flexibility index (Phi) is 4.86. The van der Waals surface area contributed by atoms with Gasteiger partial charge in [0, 0.05) is 0 Å². The van der Waals surface area contributed by atoms with E-state index in [9.17, 15) is 0 Å². The predicted molar refractivity (Wildman–Crippen MR) is 73.4 cm³/mol. The second-order valence-electron chi connectivity index (χ2n) is 5.13. The van der Waals surface area contributed by atoms with Gasteiger partial charge in [0.2, 0.25) is 0 Å². The number of hydrogen-bond acceptors (Lipinski definition) is 2. The topological polar surface area (TPSA) is 12.5 Å². The average molecular weight is 300 g/mol. The molecule has 0 radical (unpaired) electrons. The van der Waals surface area contributed by atoms with Gasteiger partial charge in [-0.15, -0.1) is 0 Å². The number of allylic oxidation sites excluding steroid dienone is 2. The molecule has 1 saturated heterocycles. The Morgan fingerprint density at radius 3 is 3.00 bits per heavy atom. The first kappa shape index (κ1) is 13.4. The minimum absolute atomic E-state index is 0.548. The summed E-state index contributed by atoms with van der Waals surface area (Å²) in [6, 6.07) is 0.603. The summed E-state index contributed by atoms with van der Waals surface area (Å²) >= 11 is 0.605. The molecule has 2 aliphatic rings. The van der Waals surface area contributed by atoms with Gasteiger partial charge in [-0.25, -0.2) is 0 Å². The fourth-order valence-electron chi connectivity index (χ4n) is 2.31. The van der Waals surface area contributed by atoms with Gasteiger partial charge >= 0.3 is 111 Å². The molecule has 1 aliphatic carbocycles. The van der Waals surface area contributed by atoms with Gasteiger partial charge in [0.05, 0.1) is 0 Å². The maximum atomic E-state index is 5.71. The Bertz CT molecular complexity index is 305. The van der Waals surface area contributed by atoms with E-state index in [1.165, 1.54) is 18.2 Å². The van der Waals surface area contributed by atoms with Crippen LogP contribution < -0.4 is 0 Å². The summed E-state index contributed by atoms with van der Waals surface area (Å²) in [5.74, 6) is 0.631. The van der Waals surface area contributed by atoms with Crippen molar-refractivity contribution in [3.8, 4) is 0 Å². The molecule has 17 heavy (non-hydrogen) atoms. The van der Waals surface area contributed by atoms with E-state index in [0.29, 0.717) is 33.0 Å². The minimum atomic E-state index is 0.548. The van der Waals surface area contributed by atoms with Gasteiger partial charge in [-0.1, -0.05) is 0 Å². The molecule has 1 heterocycles. The molecule has 96 valence electrons. The molecule has 0 spiro atoms. The second kappa shape index (κ2) is 6.19. The van der Waals surface area contributed by atoms with Crippen LogP contribution >= 0.6 is 0 Å². The van der Waals surface area contributed by atoms with Crippen LogP contribution in [0, 0.1) is 5.92 Å². The molecule has 0 N–H and O–H groups in total. The first-order valence-electron chi connectivity index (χ1n) is 6.47. The molecule has 0 aromatic carbocycles. The molecule has 1 unspecified atom stereocenters. The van der Waals surface area contributed by atoms with E-state index in [0.717, 1.165) is 6.61 Å². The van der Waals surface area contributed by atoms with Gasteiger partial charge in [-0.2, -0.15) is 0 Å². The third-order valence-corrected chi connectivity index (χ3v) is 6.39. The van der Waals surface area contributed by atoms with Crippen molar-refractivity contribution in [1.82, 2.24) is 4.90 Å². The van der Waals surface area contributed by atoms with Crippen LogP contribution in [0.15, 0.2) is 22.7 Å². The summed E-state index contributed by atoms with van der Waals surface area (Å²) in [4.78, 5) is 2.32. The van der Waals surface area contributed by atoms with Crippen molar-refractivity contribution in [2.45, 2.75) is 37.2 Å². The molecule has 3 atom stereocenters. The van der Waals surface area contributed by atoms with E-state index in [4.69, 9.17) is 4.74 Å². The van der Waals surface area contributed by atoms with Gasteiger partial charge in [0.25, 0.3) is 0 Å². The predicted octanol–water partition coefficient (Wildman–Crippen LogP) is 2.31. The van der Waals surface area contributed by atoms with E-state index in [-0.39, 0.29) is 0 Å². The van der Waals surface area contributed by atoms with Gasteiger partial charge in [0.15, 0.2) is 0 Å². The van der Waals surface area contributed by atoms with E-state index in [1.807, 2.05) is 0 Å². The molecule has 1 fully saturated rings. The molecule has 1 aliphatic heterocycles. The molecule has 3 heteroatoms. The summed E-state index contributed by atoms with van der Waals surface area (Å²) in [7, 11) is 4.34. The van der Waals surface area contributed by atoms with Crippen LogP contribution in [0.3, 0.4) is 0 Å². The van der Waals surface area contributed by atoms with Gasteiger partial charge < -0.3 is 0 Å². The zero-order valence-corrected chi connectivity index (χ0v) is 12.8. The fraction of sp³-hybridized carbons (Fsp3) is 0.714. The summed E-state index contributed by atoms with van der Waals surface area (Å²) in [5, 5.41) is 1.26. The Hall–Kier alpha value is -0.0805. The normalized spacial score (nSPS) is 30.0. The standard InChI is InChI=1S/C14H23NOSe/c1-11(15(2)3)13-7-4-8-14(13)17-10-12-6-5-9-16-12/h4,7-8,11-13H,5-6,9-10H2,1-3H3/t11-,12-,13?/m1/s1. The van der Waals surface area contributed by atoms with E-state index < -0.39 is 0 Å². The zero-order valence-electron chi connectivity index (χ0n) is 11.1. The van der Waals surface area contributed by atoms with Crippen LogP contribution in [-0.2, 0) is 4.74 Å². The van der Waals surface area contributed by atoms with Crippen molar-refractivity contribution in [3.05, 3.63) is 22.7 Å². The molecule has 0 bridgehead atoms. The first-order chi connectivity index (χ1) is 8.18. The maximum absolute atomic E-state index is 5.71. The molecule has 0 aromatic rings. The van der Waals surface area contributed by atoms with Crippen molar-refractivity contribution in [1.29, 1.82) is 0 Å². The third kappa shape index (κ3) is 3.45. The van der Waals surface area contributed by atoms with Crippen molar-refractivity contribution in [2.24, 2.45) is 5.92 Å².